The summed E-state index contributed by atoms with van der Waals surface area (Å²) in [6.45, 7) is 26.5. The van der Waals surface area contributed by atoms with Crippen LogP contribution in [0, 0.1) is 0 Å². The van der Waals surface area contributed by atoms with Gasteiger partial charge in [-0.1, -0.05) is 161 Å². The van der Waals surface area contributed by atoms with Gasteiger partial charge in [0, 0.05) is 60.1 Å². The molecule has 6 heterocycles. The lowest BCUT2D eigenvalue weighted by atomic mass is 9.33. The number of rotatable bonds is 2. The molecule has 0 radical (unpaired) electrons. The van der Waals surface area contributed by atoms with Gasteiger partial charge in [0.15, 0.2) is 5.58 Å². The third-order valence-corrected chi connectivity index (χ3v) is 19.0. The number of furan rings is 1. The lowest BCUT2D eigenvalue weighted by molar-refractivity contribution is 0.195. The van der Waals surface area contributed by atoms with Gasteiger partial charge in [-0.15, -0.1) is 11.3 Å². The molecule has 1 saturated carbocycles. The highest BCUT2D eigenvalue weighted by molar-refractivity contribution is 7.26. The summed E-state index contributed by atoms with van der Waals surface area (Å²) in [4.78, 5) is 5.45. The summed E-state index contributed by atoms with van der Waals surface area (Å²) in [5.74, 6) is 0. The summed E-state index contributed by atoms with van der Waals surface area (Å²) >= 11 is 1.96. The molecule has 4 nitrogen and oxygen atoms in total. The van der Waals surface area contributed by atoms with Crippen molar-refractivity contribution in [3.05, 3.63) is 150 Å². The van der Waals surface area contributed by atoms with E-state index in [2.05, 4.69) is 218 Å². The topological polar surface area (TPSA) is 24.6 Å². The minimum Gasteiger partial charge on any atom is -0.454 e. The van der Waals surface area contributed by atoms with Crippen molar-refractivity contribution < 1.29 is 4.42 Å². The van der Waals surface area contributed by atoms with Crippen LogP contribution >= 0.6 is 11.3 Å². The fraction of sp³-hybridized carbons (Fsp3) is 0.312. The molecule has 0 amide bonds. The molecule has 70 heavy (non-hydrogen) atoms. The van der Waals surface area contributed by atoms with Crippen LogP contribution in [-0.2, 0) is 21.7 Å². The van der Waals surface area contributed by atoms with Crippen molar-refractivity contribution in [1.82, 2.24) is 4.57 Å². The number of para-hydroxylation sites is 2. The molecule has 0 N–H and O–H groups in total. The summed E-state index contributed by atoms with van der Waals surface area (Å²) < 4.78 is 12.5. The maximum Gasteiger partial charge on any atom is 0.252 e. The van der Waals surface area contributed by atoms with Gasteiger partial charge in [-0.25, -0.2) is 0 Å². The van der Waals surface area contributed by atoms with Gasteiger partial charge in [-0.2, -0.15) is 0 Å². The lowest BCUT2D eigenvalue weighted by Crippen LogP contribution is -2.61. The first-order chi connectivity index (χ1) is 33.3. The van der Waals surface area contributed by atoms with Gasteiger partial charge < -0.3 is 18.8 Å². The van der Waals surface area contributed by atoms with Crippen molar-refractivity contribution in [3.63, 3.8) is 0 Å². The Bertz CT molecular complexity index is 3920. The Kier molecular flexibility index (Phi) is 8.40. The highest BCUT2D eigenvalue weighted by Crippen LogP contribution is 2.62. The SMILES string of the molecule is CC(C)(C)c1ccc2c(c1)N(c1cccc3c1oc1ccccc13)c1cc(N3c4ccc(C(C)(C)C)cc4C4(C)CCCCC34C)cc3c1B2c1cc(C(C)(C)C)cc2c4sc5ccccc5c4n-3c12. The second-order valence-electron chi connectivity index (χ2n) is 24.9. The number of benzene rings is 7. The molecular weight excluding hydrogens is 870 g/mol. The molecule has 14 rings (SSSR count). The quantitative estimate of drug-likeness (QED) is 0.161. The van der Waals surface area contributed by atoms with Gasteiger partial charge in [0.2, 0.25) is 0 Å². The number of hydrogen-bond acceptors (Lipinski definition) is 4. The van der Waals surface area contributed by atoms with Crippen molar-refractivity contribution in [2.75, 3.05) is 9.80 Å². The van der Waals surface area contributed by atoms with E-state index in [0.717, 1.165) is 34.0 Å². The zero-order valence-electron chi connectivity index (χ0n) is 42.7. The monoisotopic (exact) mass is 931 g/mol. The predicted molar refractivity (Wildman–Crippen MR) is 302 cm³/mol. The van der Waals surface area contributed by atoms with Gasteiger partial charge in [-0.05, 0) is 123 Å². The third kappa shape index (κ3) is 5.49. The summed E-state index contributed by atoms with van der Waals surface area (Å²) in [7, 11) is 0. The highest BCUT2D eigenvalue weighted by Gasteiger charge is 2.58. The van der Waals surface area contributed by atoms with Gasteiger partial charge in [-0.3, -0.25) is 0 Å². The van der Waals surface area contributed by atoms with Crippen molar-refractivity contribution in [2.24, 2.45) is 0 Å². The molecule has 3 aromatic heterocycles. The molecule has 3 aliphatic heterocycles. The molecule has 0 saturated heterocycles. The van der Waals surface area contributed by atoms with Crippen molar-refractivity contribution >= 4 is 116 Å². The molecule has 2 atom stereocenters. The van der Waals surface area contributed by atoms with E-state index < -0.39 is 0 Å². The Morgan fingerprint density at radius 3 is 2.01 bits per heavy atom. The Morgan fingerprint density at radius 2 is 1.23 bits per heavy atom. The van der Waals surface area contributed by atoms with E-state index in [1.165, 1.54) is 118 Å². The molecule has 1 aliphatic carbocycles. The summed E-state index contributed by atoms with van der Waals surface area (Å²) in [5.41, 5.74) is 21.4. The third-order valence-electron chi connectivity index (χ3n) is 17.8. The van der Waals surface area contributed by atoms with Crippen LogP contribution in [0.2, 0.25) is 0 Å². The normalized spacial score (nSPS) is 19.7. The van der Waals surface area contributed by atoms with E-state index in [9.17, 15) is 0 Å². The largest absolute Gasteiger partial charge is 0.454 e. The van der Waals surface area contributed by atoms with Gasteiger partial charge >= 0.3 is 0 Å². The molecule has 1 fully saturated rings. The fourth-order valence-corrected chi connectivity index (χ4v) is 15.0. The van der Waals surface area contributed by atoms with Crippen LogP contribution in [0.15, 0.2) is 132 Å². The van der Waals surface area contributed by atoms with Crippen LogP contribution in [0.25, 0.3) is 58.8 Å². The second kappa shape index (κ2) is 13.8. The van der Waals surface area contributed by atoms with Gasteiger partial charge in [0.25, 0.3) is 6.71 Å². The molecule has 2 unspecified atom stereocenters. The Labute approximate surface area is 417 Å². The van der Waals surface area contributed by atoms with Crippen LogP contribution in [0.1, 0.15) is 124 Å². The maximum absolute atomic E-state index is 7.06. The van der Waals surface area contributed by atoms with Crippen LogP contribution in [-0.4, -0.2) is 16.8 Å². The number of anilines is 5. The molecule has 4 aliphatic rings. The molecule has 10 aromatic rings. The molecule has 6 heteroatoms. The van der Waals surface area contributed by atoms with E-state index in [1.807, 2.05) is 11.3 Å². The smallest absolute Gasteiger partial charge is 0.252 e. The minimum absolute atomic E-state index is 0.00231. The van der Waals surface area contributed by atoms with Crippen molar-refractivity contribution in [3.8, 4) is 5.69 Å². The van der Waals surface area contributed by atoms with Gasteiger partial charge in [0.1, 0.15) is 5.58 Å². The van der Waals surface area contributed by atoms with Gasteiger partial charge in [0.05, 0.1) is 27.0 Å². The zero-order chi connectivity index (χ0) is 48.2. The zero-order valence-corrected chi connectivity index (χ0v) is 43.5. The number of thiophene rings is 1. The predicted octanol–water partition coefficient (Wildman–Crippen LogP) is 16.1. The first-order valence-corrected chi connectivity index (χ1v) is 26.7. The number of aromatic nitrogens is 1. The molecule has 0 bridgehead atoms. The second-order valence-corrected chi connectivity index (χ2v) is 25.9. The molecule has 348 valence electrons. The number of fused-ring (bicyclic) bond motifs is 15. The lowest BCUT2D eigenvalue weighted by Gasteiger charge is -2.51. The fourth-order valence-electron chi connectivity index (χ4n) is 13.8. The average Bonchev–Trinajstić information content (AvgIpc) is 4.04. The van der Waals surface area contributed by atoms with Crippen molar-refractivity contribution in [2.45, 2.75) is 129 Å². The van der Waals surface area contributed by atoms with Crippen LogP contribution in [0.5, 0.6) is 0 Å². The van der Waals surface area contributed by atoms with E-state index >= 15 is 0 Å². The highest BCUT2D eigenvalue weighted by atomic mass is 32.1. The number of nitrogens with zero attached hydrogens (tertiary/aromatic N) is 3. The maximum atomic E-state index is 7.06. The molecule has 0 spiro atoms. The van der Waals surface area contributed by atoms with Crippen molar-refractivity contribution in [1.29, 1.82) is 0 Å². The standard InChI is InChI=1S/C64H62BN3OS/c1-60(2,3)37-26-28-48-45(32-37)63(10)29-16-17-30-64(63,11)68(48)40-35-51-55-52(36-40)67-56-44(59-57(67)43-20-13-15-24-54(43)70-59)31-39(62(7,8)9)33-47(56)65(55)46-27-25-38(61(4,5)6)34-50(46)66(51)49-22-18-21-42-41-19-12-14-23-53(41)69-58(42)49/h12-15,18-28,31-36H,16-17,29-30H2,1-11H3. The first-order valence-electron chi connectivity index (χ1n) is 25.8. The average molecular weight is 932 g/mol. The van der Waals surface area contributed by atoms with Crippen LogP contribution in [0.3, 0.4) is 0 Å². The number of hydrogen-bond donors (Lipinski definition) is 0. The van der Waals surface area contributed by atoms with E-state index in [1.54, 1.807) is 0 Å². The Morgan fingerprint density at radius 1 is 0.543 bits per heavy atom. The van der Waals surface area contributed by atoms with E-state index in [0.29, 0.717) is 0 Å². The summed E-state index contributed by atoms with van der Waals surface area (Å²) in [6, 6.07) is 49.8. The summed E-state index contributed by atoms with van der Waals surface area (Å²) in [6.07, 6.45) is 4.77. The Hall–Kier alpha value is -6.24. The van der Waals surface area contributed by atoms with Crippen LogP contribution in [0.4, 0.5) is 28.4 Å². The molecular formula is C64H62BN3OS. The van der Waals surface area contributed by atoms with Crippen LogP contribution < -0.4 is 26.2 Å². The first kappa shape index (κ1) is 42.6. The minimum atomic E-state index is -0.148. The molecule has 7 aromatic carbocycles. The van der Waals surface area contributed by atoms with E-state index in [4.69, 9.17) is 4.42 Å². The summed E-state index contributed by atoms with van der Waals surface area (Å²) in [5, 5.41) is 4.97. The Balaban J connectivity index is 1.17. The van der Waals surface area contributed by atoms with E-state index in [-0.39, 0.29) is 33.9 Å².